The molecule has 1 atom stereocenters. The highest BCUT2D eigenvalue weighted by Gasteiger charge is 2.32. The first kappa shape index (κ1) is 11.9. The van der Waals surface area contributed by atoms with Crippen LogP contribution in [0.15, 0.2) is 18.2 Å². The van der Waals surface area contributed by atoms with Crippen molar-refractivity contribution in [3.63, 3.8) is 0 Å². The van der Waals surface area contributed by atoms with E-state index in [0.29, 0.717) is 16.5 Å². The molecular formula is C13H13ClN2O. The van der Waals surface area contributed by atoms with Crippen molar-refractivity contribution in [3.8, 4) is 6.07 Å². The molecule has 2 rings (SSSR count). The molecular weight excluding hydrogens is 236 g/mol. The van der Waals surface area contributed by atoms with E-state index < -0.39 is 0 Å². The van der Waals surface area contributed by atoms with Gasteiger partial charge in [0.1, 0.15) is 6.04 Å². The fourth-order valence-corrected chi connectivity index (χ4v) is 1.92. The highest BCUT2D eigenvalue weighted by Crippen LogP contribution is 2.32. The Hall–Kier alpha value is -1.53. The van der Waals surface area contributed by atoms with E-state index in [1.54, 1.807) is 18.2 Å². The van der Waals surface area contributed by atoms with Gasteiger partial charge in [0, 0.05) is 10.6 Å². The van der Waals surface area contributed by atoms with Gasteiger partial charge in [-0.05, 0) is 43.4 Å². The first-order chi connectivity index (χ1) is 8.11. The van der Waals surface area contributed by atoms with Gasteiger partial charge in [-0.15, -0.1) is 0 Å². The number of hydrogen-bond acceptors (Lipinski definition) is 2. The van der Waals surface area contributed by atoms with Crippen LogP contribution in [-0.4, -0.2) is 11.9 Å². The number of hydrogen-bond donors (Lipinski definition) is 1. The van der Waals surface area contributed by atoms with Crippen molar-refractivity contribution in [3.05, 3.63) is 34.3 Å². The minimum atomic E-state index is -0.374. The summed E-state index contributed by atoms with van der Waals surface area (Å²) in [5.41, 5.74) is 1.40. The van der Waals surface area contributed by atoms with Gasteiger partial charge in [-0.1, -0.05) is 17.7 Å². The summed E-state index contributed by atoms with van der Waals surface area (Å²) in [6, 6.07) is 6.94. The van der Waals surface area contributed by atoms with Crippen molar-refractivity contribution in [1.29, 1.82) is 5.26 Å². The van der Waals surface area contributed by atoms with Crippen molar-refractivity contribution in [2.45, 2.75) is 25.8 Å². The minimum Gasteiger partial charge on any atom is -0.336 e. The van der Waals surface area contributed by atoms with Gasteiger partial charge in [-0.2, -0.15) is 5.26 Å². The summed E-state index contributed by atoms with van der Waals surface area (Å²) >= 11 is 5.86. The fraction of sp³-hybridized carbons (Fsp3) is 0.385. The smallest absolute Gasteiger partial charge is 0.252 e. The average Bonchev–Trinajstić information content (AvgIpc) is 3.13. The van der Waals surface area contributed by atoms with E-state index in [0.717, 1.165) is 18.4 Å². The van der Waals surface area contributed by atoms with Crippen LogP contribution in [0.25, 0.3) is 0 Å². The van der Waals surface area contributed by atoms with Gasteiger partial charge in [0.15, 0.2) is 0 Å². The molecule has 1 fully saturated rings. The highest BCUT2D eigenvalue weighted by atomic mass is 35.5. The number of carbonyl (C=O) groups is 1. The van der Waals surface area contributed by atoms with E-state index in [1.807, 2.05) is 6.92 Å². The lowest BCUT2D eigenvalue weighted by molar-refractivity contribution is 0.0941. The standard InChI is InChI=1S/C13H13ClN2O/c1-8-2-5-10(14)6-11(8)13(17)16-12(7-15)9-3-4-9/h2,5-6,9,12H,3-4H2,1H3,(H,16,17). The van der Waals surface area contributed by atoms with Gasteiger partial charge in [0.05, 0.1) is 6.07 Å². The molecule has 1 aliphatic rings. The van der Waals surface area contributed by atoms with E-state index in [-0.39, 0.29) is 11.9 Å². The summed E-state index contributed by atoms with van der Waals surface area (Å²) in [6.07, 6.45) is 2.04. The lowest BCUT2D eigenvalue weighted by Crippen LogP contribution is -2.35. The lowest BCUT2D eigenvalue weighted by atomic mass is 10.1. The van der Waals surface area contributed by atoms with Gasteiger partial charge in [0.25, 0.3) is 5.91 Å². The summed E-state index contributed by atoms with van der Waals surface area (Å²) < 4.78 is 0. The number of halogens is 1. The van der Waals surface area contributed by atoms with Crippen molar-refractivity contribution in [2.24, 2.45) is 5.92 Å². The van der Waals surface area contributed by atoms with E-state index in [2.05, 4.69) is 11.4 Å². The fourth-order valence-electron chi connectivity index (χ4n) is 1.74. The lowest BCUT2D eigenvalue weighted by Gasteiger charge is -2.12. The largest absolute Gasteiger partial charge is 0.336 e. The molecule has 1 aliphatic carbocycles. The Morgan fingerprint density at radius 3 is 2.88 bits per heavy atom. The first-order valence-electron chi connectivity index (χ1n) is 5.58. The molecule has 1 aromatic rings. The van der Waals surface area contributed by atoms with Gasteiger partial charge < -0.3 is 5.32 Å². The Labute approximate surface area is 105 Å². The van der Waals surface area contributed by atoms with Gasteiger partial charge in [0.2, 0.25) is 0 Å². The number of rotatable bonds is 3. The molecule has 1 unspecified atom stereocenters. The van der Waals surface area contributed by atoms with Crippen LogP contribution in [0.2, 0.25) is 5.02 Å². The molecule has 4 heteroatoms. The molecule has 0 radical (unpaired) electrons. The highest BCUT2D eigenvalue weighted by molar-refractivity contribution is 6.31. The molecule has 1 N–H and O–H groups in total. The molecule has 17 heavy (non-hydrogen) atoms. The molecule has 0 aliphatic heterocycles. The predicted molar refractivity (Wildman–Crippen MR) is 65.8 cm³/mol. The molecule has 0 spiro atoms. The van der Waals surface area contributed by atoms with Crippen LogP contribution in [0, 0.1) is 24.2 Å². The monoisotopic (exact) mass is 248 g/mol. The van der Waals surface area contributed by atoms with Crippen LogP contribution >= 0.6 is 11.6 Å². The summed E-state index contributed by atoms with van der Waals surface area (Å²) in [7, 11) is 0. The number of benzene rings is 1. The zero-order chi connectivity index (χ0) is 12.4. The van der Waals surface area contributed by atoms with E-state index in [9.17, 15) is 4.79 Å². The van der Waals surface area contributed by atoms with Crippen LogP contribution < -0.4 is 5.32 Å². The predicted octanol–water partition coefficient (Wildman–Crippen LogP) is 2.68. The zero-order valence-corrected chi connectivity index (χ0v) is 10.3. The number of aryl methyl sites for hydroxylation is 1. The number of amides is 1. The average molecular weight is 249 g/mol. The minimum absolute atomic E-state index is 0.219. The van der Waals surface area contributed by atoms with Crippen molar-refractivity contribution >= 4 is 17.5 Å². The third kappa shape index (κ3) is 2.78. The van der Waals surface area contributed by atoms with E-state index in [4.69, 9.17) is 16.9 Å². The number of nitrogens with one attached hydrogen (secondary N) is 1. The number of nitriles is 1. The third-order valence-electron chi connectivity index (χ3n) is 2.96. The van der Waals surface area contributed by atoms with Gasteiger partial charge in [-0.25, -0.2) is 0 Å². The molecule has 0 aromatic heterocycles. The molecule has 0 bridgehead atoms. The van der Waals surface area contributed by atoms with Crippen LogP contribution in [0.5, 0.6) is 0 Å². The Bertz CT molecular complexity index is 489. The van der Waals surface area contributed by atoms with Crippen LogP contribution in [0.3, 0.4) is 0 Å². The Kier molecular flexibility index (Phi) is 3.35. The molecule has 88 valence electrons. The van der Waals surface area contributed by atoms with Crippen LogP contribution in [-0.2, 0) is 0 Å². The van der Waals surface area contributed by atoms with Gasteiger partial charge in [-0.3, -0.25) is 4.79 Å². The Morgan fingerprint density at radius 2 is 2.29 bits per heavy atom. The molecule has 0 heterocycles. The molecule has 3 nitrogen and oxygen atoms in total. The van der Waals surface area contributed by atoms with Crippen molar-refractivity contribution in [1.82, 2.24) is 5.32 Å². The maximum absolute atomic E-state index is 12.0. The second-order valence-electron chi connectivity index (χ2n) is 4.38. The third-order valence-corrected chi connectivity index (χ3v) is 3.20. The molecule has 1 aromatic carbocycles. The topological polar surface area (TPSA) is 52.9 Å². The maximum Gasteiger partial charge on any atom is 0.252 e. The molecule has 1 amide bonds. The SMILES string of the molecule is Cc1ccc(Cl)cc1C(=O)NC(C#N)C1CC1. The Morgan fingerprint density at radius 1 is 1.59 bits per heavy atom. The van der Waals surface area contributed by atoms with Crippen LogP contribution in [0.1, 0.15) is 28.8 Å². The normalized spacial score (nSPS) is 16.1. The number of nitrogens with zero attached hydrogens (tertiary/aromatic N) is 1. The second-order valence-corrected chi connectivity index (χ2v) is 4.81. The molecule has 0 saturated heterocycles. The summed E-state index contributed by atoms with van der Waals surface area (Å²) in [6.45, 7) is 1.85. The summed E-state index contributed by atoms with van der Waals surface area (Å²) in [5.74, 6) is 0.104. The van der Waals surface area contributed by atoms with E-state index >= 15 is 0 Å². The van der Waals surface area contributed by atoms with E-state index in [1.165, 1.54) is 0 Å². The van der Waals surface area contributed by atoms with Crippen LogP contribution in [0.4, 0.5) is 0 Å². The quantitative estimate of drug-likeness (QED) is 0.894. The first-order valence-corrected chi connectivity index (χ1v) is 5.96. The summed E-state index contributed by atoms with van der Waals surface area (Å²) in [4.78, 5) is 12.0. The summed E-state index contributed by atoms with van der Waals surface area (Å²) in [5, 5.41) is 12.2. The molecule has 1 saturated carbocycles. The van der Waals surface area contributed by atoms with Crippen molar-refractivity contribution < 1.29 is 4.79 Å². The Balaban J connectivity index is 2.13. The maximum atomic E-state index is 12.0. The van der Waals surface area contributed by atoms with Crippen molar-refractivity contribution in [2.75, 3.05) is 0 Å². The zero-order valence-electron chi connectivity index (χ0n) is 9.53. The van der Waals surface area contributed by atoms with Gasteiger partial charge >= 0.3 is 0 Å². The second kappa shape index (κ2) is 4.77. The number of carbonyl (C=O) groups excluding carboxylic acids is 1.